The molecule has 1 aliphatic carbocycles. The summed E-state index contributed by atoms with van der Waals surface area (Å²) in [5.41, 5.74) is 1.18. The summed E-state index contributed by atoms with van der Waals surface area (Å²) in [6.45, 7) is 3.04. The number of nitrogens with zero attached hydrogens (tertiary/aromatic N) is 1. The number of rotatable bonds is 3. The van der Waals surface area contributed by atoms with Gasteiger partial charge in [-0.15, -0.1) is 0 Å². The highest BCUT2D eigenvalue weighted by Crippen LogP contribution is 2.34. The van der Waals surface area contributed by atoms with Gasteiger partial charge in [0.1, 0.15) is 0 Å². The molecule has 3 atom stereocenters. The van der Waals surface area contributed by atoms with Crippen molar-refractivity contribution < 1.29 is 4.74 Å². The van der Waals surface area contributed by atoms with E-state index >= 15 is 0 Å². The van der Waals surface area contributed by atoms with Crippen molar-refractivity contribution in [3.63, 3.8) is 0 Å². The van der Waals surface area contributed by atoms with Gasteiger partial charge in [0.25, 0.3) is 0 Å². The molecule has 92 valence electrons. The maximum Gasteiger partial charge on any atom is 0.0735 e. The van der Waals surface area contributed by atoms with Crippen molar-refractivity contribution >= 4 is 0 Å². The van der Waals surface area contributed by atoms with Gasteiger partial charge in [-0.05, 0) is 36.9 Å². The van der Waals surface area contributed by atoms with Gasteiger partial charge in [0.05, 0.1) is 12.7 Å². The second kappa shape index (κ2) is 5.15. The highest BCUT2D eigenvalue weighted by Gasteiger charge is 2.36. The van der Waals surface area contributed by atoms with Gasteiger partial charge in [0, 0.05) is 24.9 Å². The number of ether oxygens (including phenoxy) is 1. The van der Waals surface area contributed by atoms with Crippen molar-refractivity contribution in [2.75, 3.05) is 13.1 Å². The first-order chi connectivity index (χ1) is 8.43. The lowest BCUT2D eigenvalue weighted by Gasteiger charge is -2.32. The maximum atomic E-state index is 6.10. The van der Waals surface area contributed by atoms with E-state index in [1.165, 1.54) is 31.4 Å². The number of aromatic nitrogens is 1. The Morgan fingerprint density at radius 3 is 3.24 bits per heavy atom. The van der Waals surface area contributed by atoms with Crippen LogP contribution in [0.2, 0.25) is 0 Å². The number of nitrogens with one attached hydrogen (secondary N) is 1. The quantitative estimate of drug-likeness (QED) is 0.865. The van der Waals surface area contributed by atoms with Crippen LogP contribution in [0, 0.1) is 11.8 Å². The second-order valence-electron chi connectivity index (χ2n) is 5.22. The summed E-state index contributed by atoms with van der Waals surface area (Å²) in [6, 6.07) is 4.06. The molecule has 1 saturated carbocycles. The number of pyridine rings is 1. The van der Waals surface area contributed by atoms with Gasteiger partial charge >= 0.3 is 0 Å². The van der Waals surface area contributed by atoms with Crippen LogP contribution in [0.4, 0.5) is 0 Å². The molecule has 2 fully saturated rings. The molecule has 0 bridgehead atoms. The summed E-state index contributed by atoms with van der Waals surface area (Å²) in [7, 11) is 0. The standard InChI is InChI=1S/C14H20N2O/c1-4-12-8-16-9-13(12)14(5-1)17-10-11-3-2-6-15-7-11/h2-3,6-7,12-14,16H,1,4-5,8-10H2/t12-,13+,14+/m1/s1. The molecule has 1 saturated heterocycles. The van der Waals surface area contributed by atoms with Gasteiger partial charge in [0.2, 0.25) is 0 Å². The number of fused-ring (bicyclic) bond motifs is 1. The first-order valence-electron chi connectivity index (χ1n) is 6.65. The van der Waals surface area contributed by atoms with E-state index in [1.54, 1.807) is 6.20 Å². The zero-order chi connectivity index (χ0) is 11.5. The lowest BCUT2D eigenvalue weighted by atomic mass is 9.79. The molecule has 1 aromatic rings. The van der Waals surface area contributed by atoms with E-state index in [-0.39, 0.29) is 0 Å². The minimum Gasteiger partial charge on any atom is -0.373 e. The van der Waals surface area contributed by atoms with Crippen LogP contribution in [0.25, 0.3) is 0 Å². The fourth-order valence-corrected chi connectivity index (χ4v) is 3.19. The Labute approximate surface area is 103 Å². The van der Waals surface area contributed by atoms with Crippen LogP contribution in [0.1, 0.15) is 24.8 Å². The molecule has 0 unspecified atom stereocenters. The number of hydrogen-bond donors (Lipinski definition) is 1. The lowest BCUT2D eigenvalue weighted by molar-refractivity contribution is -0.0285. The van der Waals surface area contributed by atoms with Crippen LogP contribution in [0.5, 0.6) is 0 Å². The van der Waals surface area contributed by atoms with Crippen LogP contribution >= 0.6 is 0 Å². The van der Waals surface area contributed by atoms with Crippen molar-refractivity contribution in [1.82, 2.24) is 10.3 Å². The molecular weight excluding hydrogens is 212 g/mol. The van der Waals surface area contributed by atoms with Crippen LogP contribution in [0.15, 0.2) is 24.5 Å². The highest BCUT2D eigenvalue weighted by atomic mass is 16.5. The van der Waals surface area contributed by atoms with Gasteiger partial charge in [-0.25, -0.2) is 0 Å². The van der Waals surface area contributed by atoms with Crippen molar-refractivity contribution in [2.45, 2.75) is 32.0 Å². The third-order valence-electron chi connectivity index (χ3n) is 4.12. The highest BCUT2D eigenvalue weighted by molar-refractivity contribution is 5.07. The van der Waals surface area contributed by atoms with Crippen molar-refractivity contribution in [3.8, 4) is 0 Å². The fourth-order valence-electron chi connectivity index (χ4n) is 3.19. The Hall–Kier alpha value is -0.930. The van der Waals surface area contributed by atoms with E-state index in [0.717, 1.165) is 18.4 Å². The average Bonchev–Trinajstić information content (AvgIpc) is 2.86. The van der Waals surface area contributed by atoms with Crippen molar-refractivity contribution in [3.05, 3.63) is 30.1 Å². The third kappa shape index (κ3) is 2.50. The normalized spacial score (nSPS) is 32.4. The molecule has 1 N–H and O–H groups in total. The topological polar surface area (TPSA) is 34.1 Å². The molecule has 0 aromatic carbocycles. The summed E-state index contributed by atoms with van der Waals surface area (Å²) >= 11 is 0. The molecule has 0 spiro atoms. The first kappa shape index (κ1) is 11.2. The fraction of sp³-hybridized carbons (Fsp3) is 0.643. The second-order valence-corrected chi connectivity index (χ2v) is 5.22. The first-order valence-corrected chi connectivity index (χ1v) is 6.65. The van der Waals surface area contributed by atoms with Crippen LogP contribution in [-0.4, -0.2) is 24.2 Å². The Bertz CT molecular complexity index is 354. The Morgan fingerprint density at radius 1 is 1.35 bits per heavy atom. The third-order valence-corrected chi connectivity index (χ3v) is 4.12. The van der Waals surface area contributed by atoms with Crippen molar-refractivity contribution in [1.29, 1.82) is 0 Å². The molecule has 3 rings (SSSR count). The molecule has 3 nitrogen and oxygen atoms in total. The summed E-state index contributed by atoms with van der Waals surface area (Å²) in [6.07, 6.45) is 8.08. The van der Waals surface area contributed by atoms with Crippen LogP contribution in [0.3, 0.4) is 0 Å². The zero-order valence-corrected chi connectivity index (χ0v) is 10.1. The molecule has 1 aromatic heterocycles. The molecule has 1 aliphatic heterocycles. The monoisotopic (exact) mass is 232 g/mol. The smallest absolute Gasteiger partial charge is 0.0735 e. The zero-order valence-electron chi connectivity index (χ0n) is 10.1. The molecule has 17 heavy (non-hydrogen) atoms. The summed E-state index contributed by atoms with van der Waals surface area (Å²) in [4.78, 5) is 4.12. The minimum absolute atomic E-state index is 0.448. The lowest BCUT2D eigenvalue weighted by Crippen LogP contribution is -2.33. The molecule has 0 radical (unpaired) electrons. The predicted molar refractivity (Wildman–Crippen MR) is 66.5 cm³/mol. The van der Waals surface area contributed by atoms with E-state index in [2.05, 4.69) is 16.4 Å². The van der Waals surface area contributed by atoms with E-state index in [9.17, 15) is 0 Å². The molecule has 2 aliphatic rings. The average molecular weight is 232 g/mol. The molecule has 2 heterocycles. The van der Waals surface area contributed by atoms with Gasteiger partial charge in [-0.3, -0.25) is 4.98 Å². The van der Waals surface area contributed by atoms with Gasteiger partial charge in [-0.2, -0.15) is 0 Å². The largest absolute Gasteiger partial charge is 0.373 e. The van der Waals surface area contributed by atoms with Gasteiger partial charge < -0.3 is 10.1 Å². The molecule has 0 amide bonds. The summed E-state index contributed by atoms with van der Waals surface area (Å²) in [5, 5.41) is 3.50. The minimum atomic E-state index is 0.448. The van der Waals surface area contributed by atoms with E-state index < -0.39 is 0 Å². The molecule has 3 heteroatoms. The molecular formula is C14H20N2O. The summed E-state index contributed by atoms with van der Waals surface area (Å²) < 4.78 is 6.10. The van der Waals surface area contributed by atoms with E-state index in [0.29, 0.717) is 12.7 Å². The van der Waals surface area contributed by atoms with Gasteiger partial charge in [-0.1, -0.05) is 12.5 Å². The van der Waals surface area contributed by atoms with E-state index in [4.69, 9.17) is 4.74 Å². The van der Waals surface area contributed by atoms with Crippen molar-refractivity contribution in [2.24, 2.45) is 11.8 Å². The predicted octanol–water partition coefficient (Wildman–Crippen LogP) is 1.99. The Morgan fingerprint density at radius 2 is 2.35 bits per heavy atom. The maximum absolute atomic E-state index is 6.10. The number of hydrogen-bond acceptors (Lipinski definition) is 3. The Balaban J connectivity index is 1.57. The Kier molecular flexibility index (Phi) is 3.39. The van der Waals surface area contributed by atoms with Crippen LogP contribution < -0.4 is 5.32 Å². The van der Waals surface area contributed by atoms with E-state index in [1.807, 2.05) is 12.3 Å². The summed E-state index contributed by atoms with van der Waals surface area (Å²) in [5.74, 6) is 1.59. The van der Waals surface area contributed by atoms with Gasteiger partial charge in [0.15, 0.2) is 0 Å². The van der Waals surface area contributed by atoms with Crippen LogP contribution in [-0.2, 0) is 11.3 Å². The SMILES string of the molecule is c1cncc(CO[C@H]2CCC[C@@H]3CNC[C@@H]32)c1.